The van der Waals surface area contributed by atoms with E-state index in [-0.39, 0.29) is 11.7 Å². The van der Waals surface area contributed by atoms with Crippen LogP contribution in [0.1, 0.15) is 22.8 Å². The van der Waals surface area contributed by atoms with E-state index in [0.29, 0.717) is 17.7 Å². The first kappa shape index (κ1) is 13.8. The summed E-state index contributed by atoms with van der Waals surface area (Å²) in [5.74, 6) is 0.641. The predicted octanol–water partition coefficient (Wildman–Crippen LogP) is 1.59. The molecule has 0 saturated carbocycles. The molecule has 1 amide bonds. The van der Waals surface area contributed by atoms with Crippen LogP contribution in [0.25, 0.3) is 0 Å². The zero-order valence-electron chi connectivity index (χ0n) is 11.3. The van der Waals surface area contributed by atoms with Gasteiger partial charge in [-0.3, -0.25) is 4.79 Å². The lowest BCUT2D eigenvalue weighted by Gasteiger charge is -2.08. The molecule has 2 aromatic rings. The number of anilines is 1. The number of benzene rings is 1. The van der Waals surface area contributed by atoms with Crippen molar-refractivity contribution in [1.82, 2.24) is 9.97 Å². The minimum Gasteiger partial charge on any atom is -0.497 e. The van der Waals surface area contributed by atoms with Gasteiger partial charge in [0.15, 0.2) is 0 Å². The Labute approximate surface area is 115 Å². The minimum atomic E-state index is -0.493. The highest BCUT2D eigenvalue weighted by Gasteiger charge is 2.10. The van der Waals surface area contributed by atoms with Crippen LogP contribution in [0.2, 0.25) is 0 Å². The molecule has 0 aliphatic heterocycles. The molecule has 0 spiro atoms. The number of aryl methyl sites for hydroxylation is 1. The highest BCUT2D eigenvalue weighted by molar-refractivity contribution is 6.04. The van der Waals surface area contributed by atoms with E-state index in [1.165, 1.54) is 0 Å². The number of aromatic amines is 1. The number of nitrogens with zero attached hydrogens (tertiary/aromatic N) is 1. The number of carbonyl (C=O) groups is 1. The lowest BCUT2D eigenvalue weighted by atomic mass is 10.2. The van der Waals surface area contributed by atoms with Crippen molar-refractivity contribution in [2.75, 3.05) is 12.4 Å². The summed E-state index contributed by atoms with van der Waals surface area (Å²) in [6.07, 6.45) is 2.21. The van der Waals surface area contributed by atoms with E-state index < -0.39 is 5.69 Å². The second-order valence-corrected chi connectivity index (χ2v) is 4.12. The van der Waals surface area contributed by atoms with Crippen molar-refractivity contribution in [1.29, 1.82) is 0 Å². The molecule has 0 aliphatic carbocycles. The first-order valence-corrected chi connectivity index (χ1v) is 6.18. The Kier molecular flexibility index (Phi) is 4.14. The largest absolute Gasteiger partial charge is 0.497 e. The van der Waals surface area contributed by atoms with Gasteiger partial charge in [-0.05, 0) is 30.7 Å². The molecule has 0 bridgehead atoms. The average molecular weight is 273 g/mol. The smallest absolute Gasteiger partial charge is 0.346 e. The van der Waals surface area contributed by atoms with Crippen LogP contribution in [0.15, 0.2) is 35.3 Å². The second kappa shape index (κ2) is 6.01. The van der Waals surface area contributed by atoms with Crippen LogP contribution < -0.4 is 15.7 Å². The molecule has 0 radical (unpaired) electrons. The van der Waals surface area contributed by atoms with Gasteiger partial charge in [0, 0.05) is 17.3 Å². The van der Waals surface area contributed by atoms with Crippen LogP contribution in [-0.4, -0.2) is 23.0 Å². The number of rotatable bonds is 4. The number of H-pyrrole nitrogens is 1. The molecule has 0 aliphatic rings. The number of hydrogen-bond donors (Lipinski definition) is 2. The fourth-order valence-corrected chi connectivity index (χ4v) is 1.72. The molecule has 0 saturated heterocycles. The van der Waals surface area contributed by atoms with Crippen molar-refractivity contribution in [3.63, 3.8) is 0 Å². The topological polar surface area (TPSA) is 84.1 Å². The quantitative estimate of drug-likeness (QED) is 0.886. The first-order chi connectivity index (χ1) is 9.63. The zero-order chi connectivity index (χ0) is 14.5. The number of amides is 1. The molecule has 2 N–H and O–H groups in total. The number of methoxy groups -OCH3 is 1. The van der Waals surface area contributed by atoms with Gasteiger partial charge in [-0.2, -0.15) is 4.98 Å². The fourth-order valence-electron chi connectivity index (χ4n) is 1.72. The van der Waals surface area contributed by atoms with E-state index in [9.17, 15) is 9.59 Å². The zero-order valence-corrected chi connectivity index (χ0v) is 11.3. The van der Waals surface area contributed by atoms with E-state index >= 15 is 0 Å². The molecule has 20 heavy (non-hydrogen) atoms. The maximum atomic E-state index is 12.1. The molecule has 1 aromatic heterocycles. The van der Waals surface area contributed by atoms with Crippen molar-refractivity contribution in [2.45, 2.75) is 13.3 Å². The van der Waals surface area contributed by atoms with Gasteiger partial charge in [-0.25, -0.2) is 4.79 Å². The number of aromatic nitrogens is 2. The summed E-state index contributed by atoms with van der Waals surface area (Å²) in [7, 11) is 1.56. The molecule has 1 aromatic carbocycles. The van der Waals surface area contributed by atoms with E-state index in [1.54, 1.807) is 37.6 Å². The van der Waals surface area contributed by atoms with Crippen LogP contribution in [0.5, 0.6) is 5.75 Å². The summed E-state index contributed by atoms with van der Waals surface area (Å²) in [6, 6.07) is 6.68. The van der Waals surface area contributed by atoms with E-state index in [1.807, 2.05) is 6.92 Å². The summed E-state index contributed by atoms with van der Waals surface area (Å²) < 4.78 is 5.03. The monoisotopic (exact) mass is 273 g/mol. The maximum absolute atomic E-state index is 12.1. The number of ether oxygens (including phenoxy) is 1. The van der Waals surface area contributed by atoms with E-state index in [4.69, 9.17) is 4.74 Å². The summed E-state index contributed by atoms with van der Waals surface area (Å²) in [5.41, 5.74) is 0.744. The van der Waals surface area contributed by atoms with Crippen molar-refractivity contribution >= 4 is 11.7 Å². The Morgan fingerprint density at radius 2 is 2.05 bits per heavy atom. The highest BCUT2D eigenvalue weighted by Crippen LogP contribution is 2.14. The third kappa shape index (κ3) is 3.03. The van der Waals surface area contributed by atoms with Gasteiger partial charge in [0.25, 0.3) is 5.91 Å². The van der Waals surface area contributed by atoms with Gasteiger partial charge in [-0.1, -0.05) is 6.92 Å². The van der Waals surface area contributed by atoms with Crippen LogP contribution in [0.3, 0.4) is 0 Å². The molecule has 0 atom stereocenters. The van der Waals surface area contributed by atoms with E-state index in [2.05, 4.69) is 15.3 Å². The molecule has 6 nitrogen and oxygen atoms in total. The maximum Gasteiger partial charge on any atom is 0.346 e. The lowest BCUT2D eigenvalue weighted by Crippen LogP contribution is -2.19. The SMILES string of the molecule is CCc1c[nH]c(=O)nc1NC(=O)c1ccc(OC)cc1. The second-order valence-electron chi connectivity index (χ2n) is 4.12. The van der Waals surface area contributed by atoms with Gasteiger partial charge in [-0.15, -0.1) is 0 Å². The predicted molar refractivity (Wildman–Crippen MR) is 75.2 cm³/mol. The van der Waals surface area contributed by atoms with Crippen LogP contribution in [-0.2, 0) is 6.42 Å². The number of hydrogen-bond acceptors (Lipinski definition) is 4. The van der Waals surface area contributed by atoms with Gasteiger partial charge >= 0.3 is 5.69 Å². The molecule has 0 unspecified atom stereocenters. The highest BCUT2D eigenvalue weighted by atomic mass is 16.5. The Morgan fingerprint density at radius 3 is 2.65 bits per heavy atom. The Bertz CT molecular complexity index is 662. The molecule has 6 heteroatoms. The summed E-state index contributed by atoms with van der Waals surface area (Å²) >= 11 is 0. The average Bonchev–Trinajstić information content (AvgIpc) is 2.47. The van der Waals surface area contributed by atoms with Crippen molar-refractivity contribution in [3.8, 4) is 5.75 Å². The minimum absolute atomic E-state index is 0.289. The van der Waals surface area contributed by atoms with Gasteiger partial charge in [0.1, 0.15) is 11.6 Å². The van der Waals surface area contributed by atoms with Crippen molar-refractivity contribution < 1.29 is 9.53 Å². The normalized spacial score (nSPS) is 10.1. The van der Waals surface area contributed by atoms with E-state index in [0.717, 1.165) is 5.56 Å². The summed E-state index contributed by atoms with van der Waals surface area (Å²) in [5, 5.41) is 2.65. The van der Waals surface area contributed by atoms with Gasteiger partial charge in [0.05, 0.1) is 7.11 Å². The third-order valence-electron chi connectivity index (χ3n) is 2.85. The third-order valence-corrected chi connectivity index (χ3v) is 2.85. The molecule has 2 rings (SSSR count). The number of carbonyl (C=O) groups excluding carboxylic acids is 1. The molecule has 1 heterocycles. The Hall–Kier alpha value is -2.63. The first-order valence-electron chi connectivity index (χ1n) is 6.18. The molecular formula is C14H15N3O3. The molecule has 0 fully saturated rings. The number of nitrogens with one attached hydrogen (secondary N) is 2. The standard InChI is InChI=1S/C14H15N3O3/c1-3-9-8-15-14(19)17-12(9)16-13(18)10-4-6-11(20-2)7-5-10/h4-8H,3H2,1-2H3,(H2,15,16,17,18,19). The van der Waals surface area contributed by atoms with Crippen LogP contribution >= 0.6 is 0 Å². The molecular weight excluding hydrogens is 258 g/mol. The summed E-state index contributed by atoms with van der Waals surface area (Å²) in [6.45, 7) is 1.92. The van der Waals surface area contributed by atoms with Crippen molar-refractivity contribution in [2.24, 2.45) is 0 Å². The van der Waals surface area contributed by atoms with Gasteiger partial charge in [0.2, 0.25) is 0 Å². The van der Waals surface area contributed by atoms with Crippen LogP contribution in [0.4, 0.5) is 5.82 Å². The van der Waals surface area contributed by atoms with Gasteiger partial charge < -0.3 is 15.0 Å². The molecule has 104 valence electrons. The lowest BCUT2D eigenvalue weighted by molar-refractivity contribution is 0.102. The fraction of sp³-hybridized carbons (Fsp3) is 0.214. The van der Waals surface area contributed by atoms with Crippen molar-refractivity contribution in [3.05, 3.63) is 52.1 Å². The Balaban J connectivity index is 2.22. The van der Waals surface area contributed by atoms with Crippen LogP contribution in [0, 0.1) is 0 Å². The summed E-state index contributed by atoms with van der Waals surface area (Å²) in [4.78, 5) is 29.6. The Morgan fingerprint density at radius 1 is 1.35 bits per heavy atom.